The lowest BCUT2D eigenvalue weighted by Gasteiger charge is -2.28. The van der Waals surface area contributed by atoms with Crippen LogP contribution in [0.25, 0.3) is 0 Å². The molecule has 0 spiro atoms. The second-order valence-electron chi connectivity index (χ2n) is 13.5. The summed E-state index contributed by atoms with van der Waals surface area (Å²) in [5, 5.41) is 32.1. The van der Waals surface area contributed by atoms with E-state index in [4.69, 9.17) is 22.9 Å². The highest BCUT2D eigenvalue weighted by atomic mass is 16.4. The van der Waals surface area contributed by atoms with Crippen LogP contribution < -0.4 is 49.5 Å². The number of primary amides is 1. The van der Waals surface area contributed by atoms with Crippen LogP contribution in [0.5, 0.6) is 0 Å². The van der Waals surface area contributed by atoms with E-state index in [1.807, 2.05) is 13.8 Å². The molecule has 1 aromatic rings. The van der Waals surface area contributed by atoms with Crippen LogP contribution in [0.2, 0.25) is 0 Å². The Morgan fingerprint density at radius 3 is 1.58 bits per heavy atom. The zero-order valence-electron chi connectivity index (χ0n) is 30.7. The summed E-state index contributed by atoms with van der Waals surface area (Å²) in [4.78, 5) is 93.9. The Balaban J connectivity index is 3.33. The molecule has 0 aliphatic rings. The maximum atomic E-state index is 13.8. The Kier molecular flexibility index (Phi) is 20.1. The van der Waals surface area contributed by atoms with Gasteiger partial charge in [0.15, 0.2) is 5.96 Å². The maximum Gasteiger partial charge on any atom is 0.326 e. The summed E-state index contributed by atoms with van der Waals surface area (Å²) in [5.41, 5.74) is 22.0. The number of aliphatic imine (C=N–C) groups is 1. The van der Waals surface area contributed by atoms with E-state index in [0.717, 1.165) is 0 Å². The Labute approximate surface area is 308 Å². The number of carboxylic acid groups (broad SMARTS) is 1. The number of nitrogens with one attached hydrogen (secondary N) is 5. The van der Waals surface area contributed by atoms with Crippen molar-refractivity contribution in [1.29, 1.82) is 0 Å². The highest BCUT2D eigenvalue weighted by Crippen LogP contribution is 2.12. The molecule has 0 aromatic heterocycles. The Bertz CT molecular complexity index is 1420. The third kappa shape index (κ3) is 18.2. The zero-order chi connectivity index (χ0) is 40.2. The third-order valence-electron chi connectivity index (χ3n) is 7.72. The number of carbonyl (C=O) groups excluding carboxylic acids is 6. The minimum absolute atomic E-state index is 0.0267. The van der Waals surface area contributed by atoms with Gasteiger partial charge in [0.2, 0.25) is 29.5 Å². The third-order valence-corrected chi connectivity index (χ3v) is 7.72. The number of nitrogens with two attached hydrogens (primary N) is 4. The smallest absolute Gasteiger partial charge is 0.326 e. The van der Waals surface area contributed by atoms with Gasteiger partial charge < -0.3 is 59.7 Å². The first-order valence-electron chi connectivity index (χ1n) is 17.3. The quantitative estimate of drug-likeness (QED) is 0.0288. The Hall–Kier alpha value is -5.30. The van der Waals surface area contributed by atoms with Gasteiger partial charge in [-0.1, -0.05) is 58.0 Å². The lowest BCUT2D eigenvalue weighted by atomic mass is 9.98. The fraction of sp³-hybridized carbons (Fsp3) is 0.588. The highest BCUT2D eigenvalue weighted by molar-refractivity contribution is 5.96. The van der Waals surface area contributed by atoms with Crippen molar-refractivity contribution in [3.8, 4) is 0 Å². The number of hydrogen-bond donors (Lipinski definition) is 11. The van der Waals surface area contributed by atoms with E-state index in [1.165, 1.54) is 0 Å². The molecular weight excluding hydrogens is 692 g/mol. The first kappa shape index (κ1) is 45.7. The molecule has 0 bridgehead atoms. The standard InChI is InChI=1S/C34H56N10O9/c1-18(2)13-22(29(48)40-21(11-8-12-39-34(37)38)28(47)44-25(33(52)53)16-27(36)46)41-30(49)23(14-19(3)4)42-31(50)24(43-32(51)26(45)17-35)15-20-9-6-5-7-10-20/h5-7,9-10,18-19,21-26,45H,8,11-17,35H2,1-4H3,(H2,36,46)(H,40,48)(H,41,49)(H,42,50)(H,43,51)(H,44,47)(H,52,53)(H4,37,38,39)/t21-,22-,23-,24-,25-,26?/m0/s1. The zero-order valence-corrected chi connectivity index (χ0v) is 30.7. The molecule has 0 aliphatic carbocycles. The molecule has 19 heteroatoms. The molecule has 6 atom stereocenters. The molecule has 0 saturated heterocycles. The van der Waals surface area contributed by atoms with Crippen molar-refractivity contribution in [1.82, 2.24) is 26.6 Å². The molecule has 0 fully saturated rings. The van der Waals surface area contributed by atoms with E-state index in [-0.39, 0.29) is 63.0 Å². The number of amides is 6. The fourth-order valence-electron chi connectivity index (χ4n) is 5.10. The average molecular weight is 749 g/mol. The van der Waals surface area contributed by atoms with Gasteiger partial charge in [-0.25, -0.2) is 4.79 Å². The van der Waals surface area contributed by atoms with E-state index in [2.05, 4.69) is 31.6 Å². The van der Waals surface area contributed by atoms with Crippen molar-refractivity contribution < 1.29 is 43.8 Å². The summed E-state index contributed by atoms with van der Waals surface area (Å²) in [6.45, 7) is 6.93. The number of benzene rings is 1. The van der Waals surface area contributed by atoms with Crippen LogP contribution >= 0.6 is 0 Å². The molecule has 19 nitrogen and oxygen atoms in total. The number of aliphatic hydroxyl groups excluding tert-OH is 1. The number of aliphatic carboxylic acids is 1. The van der Waals surface area contributed by atoms with Gasteiger partial charge in [-0.15, -0.1) is 0 Å². The van der Waals surface area contributed by atoms with Gasteiger partial charge in [-0.05, 0) is 43.1 Å². The van der Waals surface area contributed by atoms with Crippen molar-refractivity contribution in [2.24, 2.45) is 39.8 Å². The van der Waals surface area contributed by atoms with Gasteiger partial charge in [0.1, 0.15) is 36.3 Å². The van der Waals surface area contributed by atoms with Gasteiger partial charge in [0.05, 0.1) is 6.42 Å². The second kappa shape index (κ2) is 23.3. The SMILES string of the molecule is CC(C)C[C@H](NC(=O)[C@H](Cc1ccccc1)NC(=O)C(O)CN)C(=O)N[C@@H](CC(C)C)C(=O)N[C@@H](CCCN=C(N)N)C(=O)N[C@@H](CC(N)=O)C(=O)O. The Morgan fingerprint density at radius 2 is 1.13 bits per heavy atom. The average Bonchev–Trinajstić information content (AvgIpc) is 3.07. The van der Waals surface area contributed by atoms with E-state index >= 15 is 0 Å². The lowest BCUT2D eigenvalue weighted by molar-refractivity contribution is -0.143. The van der Waals surface area contributed by atoms with Gasteiger partial charge in [0, 0.05) is 19.5 Å². The van der Waals surface area contributed by atoms with Crippen LogP contribution in [0.4, 0.5) is 0 Å². The van der Waals surface area contributed by atoms with Crippen LogP contribution in [0.15, 0.2) is 35.3 Å². The van der Waals surface area contributed by atoms with Crippen molar-refractivity contribution in [2.75, 3.05) is 13.1 Å². The van der Waals surface area contributed by atoms with Crippen molar-refractivity contribution in [2.45, 2.75) is 103 Å². The molecule has 0 heterocycles. The molecule has 0 radical (unpaired) electrons. The monoisotopic (exact) mass is 748 g/mol. The fourth-order valence-corrected chi connectivity index (χ4v) is 5.10. The van der Waals surface area contributed by atoms with Crippen LogP contribution in [0.1, 0.15) is 65.4 Å². The Morgan fingerprint density at radius 1 is 0.679 bits per heavy atom. The summed E-state index contributed by atoms with van der Waals surface area (Å²) in [6, 6.07) is 2.16. The molecule has 296 valence electrons. The minimum Gasteiger partial charge on any atom is -0.480 e. The summed E-state index contributed by atoms with van der Waals surface area (Å²) >= 11 is 0. The van der Waals surface area contributed by atoms with Gasteiger partial charge in [-0.3, -0.25) is 33.8 Å². The number of carbonyl (C=O) groups is 7. The maximum absolute atomic E-state index is 13.8. The first-order valence-corrected chi connectivity index (χ1v) is 17.3. The van der Waals surface area contributed by atoms with E-state index < -0.39 is 84.1 Å². The largest absolute Gasteiger partial charge is 0.480 e. The molecular formula is C34H56N10O9. The van der Waals surface area contributed by atoms with E-state index in [0.29, 0.717) is 5.56 Å². The molecule has 0 saturated carbocycles. The summed E-state index contributed by atoms with van der Waals surface area (Å²) in [5.74, 6) is -6.99. The number of nitrogens with zero attached hydrogens (tertiary/aromatic N) is 1. The normalized spacial score (nSPS) is 14.4. The van der Waals surface area contributed by atoms with E-state index in [1.54, 1.807) is 44.2 Å². The van der Waals surface area contributed by atoms with Crippen molar-refractivity contribution in [3.63, 3.8) is 0 Å². The van der Waals surface area contributed by atoms with Crippen LogP contribution in [-0.4, -0.2) is 107 Å². The number of carboxylic acids is 1. The predicted molar refractivity (Wildman–Crippen MR) is 195 cm³/mol. The number of hydrogen-bond acceptors (Lipinski definition) is 10. The lowest BCUT2D eigenvalue weighted by Crippen LogP contribution is -2.59. The number of guanidine groups is 1. The van der Waals surface area contributed by atoms with Gasteiger partial charge in [0.25, 0.3) is 5.91 Å². The first-order chi connectivity index (χ1) is 24.8. The summed E-state index contributed by atoms with van der Waals surface area (Å²) in [7, 11) is 0. The molecule has 1 rings (SSSR count). The topological polar surface area (TPSA) is 337 Å². The molecule has 1 aromatic carbocycles. The number of rotatable bonds is 24. The van der Waals surface area contributed by atoms with Crippen LogP contribution in [0.3, 0.4) is 0 Å². The van der Waals surface area contributed by atoms with Gasteiger partial charge in [-0.2, -0.15) is 0 Å². The molecule has 6 amide bonds. The minimum atomic E-state index is -1.67. The molecule has 53 heavy (non-hydrogen) atoms. The molecule has 0 aliphatic heterocycles. The van der Waals surface area contributed by atoms with Gasteiger partial charge >= 0.3 is 5.97 Å². The highest BCUT2D eigenvalue weighted by Gasteiger charge is 2.33. The number of aliphatic hydroxyl groups is 1. The van der Waals surface area contributed by atoms with Crippen LogP contribution in [0, 0.1) is 11.8 Å². The van der Waals surface area contributed by atoms with Crippen molar-refractivity contribution in [3.05, 3.63) is 35.9 Å². The summed E-state index contributed by atoms with van der Waals surface area (Å²) in [6.07, 6.45) is -1.88. The van der Waals surface area contributed by atoms with E-state index in [9.17, 15) is 43.8 Å². The second-order valence-corrected chi connectivity index (χ2v) is 13.5. The molecule has 15 N–H and O–H groups in total. The van der Waals surface area contributed by atoms with Crippen LogP contribution in [-0.2, 0) is 40.0 Å². The van der Waals surface area contributed by atoms with Crippen molar-refractivity contribution >= 4 is 47.4 Å². The summed E-state index contributed by atoms with van der Waals surface area (Å²) < 4.78 is 0. The predicted octanol–water partition coefficient (Wildman–Crippen LogP) is -2.92. The molecule has 1 unspecified atom stereocenters.